The molecule has 1 aromatic rings. The van der Waals surface area contributed by atoms with E-state index >= 15 is 0 Å². The quantitative estimate of drug-likeness (QED) is 0.784. The molecule has 1 aromatic heterocycles. The molecule has 5 nitrogen and oxygen atoms in total. The van der Waals surface area contributed by atoms with Crippen LogP contribution in [0.4, 0.5) is 0 Å². The first-order chi connectivity index (χ1) is 11.3. The van der Waals surface area contributed by atoms with Gasteiger partial charge in [-0.05, 0) is 69.9 Å². The Hall–Kier alpha value is -1.20. The summed E-state index contributed by atoms with van der Waals surface area (Å²) in [6.45, 7) is 4.97. The molecule has 0 unspecified atom stereocenters. The standard InChI is InChI=1S/C18H30N4O/c23-12-4-7-18-15-22(20-19-18)14-17-8-10-21(11-9-17)13-16-5-2-1-3-6-16/h1-2,15-17,23H,3-14H2/t16-/m1/s1. The van der Waals surface area contributed by atoms with Crippen molar-refractivity contribution in [1.29, 1.82) is 0 Å². The fourth-order valence-electron chi connectivity index (χ4n) is 3.81. The van der Waals surface area contributed by atoms with Gasteiger partial charge >= 0.3 is 0 Å². The average Bonchev–Trinajstić information content (AvgIpc) is 3.03. The van der Waals surface area contributed by atoms with Crippen molar-refractivity contribution in [3.8, 4) is 0 Å². The van der Waals surface area contributed by atoms with E-state index < -0.39 is 0 Å². The summed E-state index contributed by atoms with van der Waals surface area (Å²) in [6.07, 6.45) is 14.8. The van der Waals surface area contributed by atoms with Crippen LogP contribution in [0.1, 0.15) is 44.2 Å². The second-order valence-corrected chi connectivity index (χ2v) is 7.15. The molecule has 0 aromatic carbocycles. The number of rotatable bonds is 7. The minimum atomic E-state index is 0.224. The summed E-state index contributed by atoms with van der Waals surface area (Å²) in [7, 11) is 0. The lowest BCUT2D eigenvalue weighted by Crippen LogP contribution is -2.38. The number of hydrogen-bond acceptors (Lipinski definition) is 4. The second kappa shape index (κ2) is 8.60. The van der Waals surface area contributed by atoms with Gasteiger partial charge in [0.2, 0.25) is 0 Å². The molecule has 1 atom stereocenters. The van der Waals surface area contributed by atoms with Crippen molar-refractivity contribution in [2.75, 3.05) is 26.2 Å². The van der Waals surface area contributed by atoms with E-state index in [2.05, 4.69) is 33.6 Å². The lowest BCUT2D eigenvalue weighted by atomic mass is 9.91. The smallest absolute Gasteiger partial charge is 0.0828 e. The number of aryl methyl sites for hydroxylation is 1. The minimum Gasteiger partial charge on any atom is -0.396 e. The summed E-state index contributed by atoms with van der Waals surface area (Å²) >= 11 is 0. The lowest BCUT2D eigenvalue weighted by molar-refractivity contribution is 0.146. The highest BCUT2D eigenvalue weighted by atomic mass is 16.2. The Kier molecular flexibility index (Phi) is 6.22. The van der Waals surface area contributed by atoms with Crippen LogP contribution in [0.25, 0.3) is 0 Å². The topological polar surface area (TPSA) is 54.2 Å². The Morgan fingerprint density at radius 3 is 2.70 bits per heavy atom. The van der Waals surface area contributed by atoms with E-state index in [1.54, 1.807) is 0 Å². The third-order valence-electron chi connectivity index (χ3n) is 5.22. The fraction of sp³-hybridized carbons (Fsp3) is 0.778. The zero-order valence-electron chi connectivity index (χ0n) is 14.1. The third kappa shape index (κ3) is 5.15. The Bertz CT molecular complexity index is 491. The van der Waals surface area contributed by atoms with E-state index in [0.29, 0.717) is 0 Å². The van der Waals surface area contributed by atoms with Crippen LogP contribution in [0.3, 0.4) is 0 Å². The number of hydrogen-bond donors (Lipinski definition) is 1. The summed E-state index contributed by atoms with van der Waals surface area (Å²) < 4.78 is 2.00. The van der Waals surface area contributed by atoms with Gasteiger partial charge in [-0.3, -0.25) is 4.68 Å². The molecule has 0 saturated carbocycles. The summed E-state index contributed by atoms with van der Waals surface area (Å²) in [5.41, 5.74) is 1.00. The second-order valence-electron chi connectivity index (χ2n) is 7.15. The van der Waals surface area contributed by atoms with Gasteiger partial charge in [-0.2, -0.15) is 0 Å². The normalized spacial score (nSPS) is 23.4. The van der Waals surface area contributed by atoms with Crippen LogP contribution >= 0.6 is 0 Å². The molecular weight excluding hydrogens is 288 g/mol. The molecule has 1 aliphatic heterocycles. The van der Waals surface area contributed by atoms with Gasteiger partial charge in [-0.1, -0.05) is 17.4 Å². The highest BCUT2D eigenvalue weighted by Crippen LogP contribution is 2.24. The average molecular weight is 318 g/mol. The molecule has 1 saturated heterocycles. The molecule has 0 amide bonds. The predicted octanol–water partition coefficient (Wildman–Crippen LogP) is 2.27. The van der Waals surface area contributed by atoms with Crippen molar-refractivity contribution in [3.63, 3.8) is 0 Å². The number of aliphatic hydroxyl groups is 1. The zero-order valence-corrected chi connectivity index (χ0v) is 14.1. The number of piperidine rings is 1. The molecule has 1 fully saturated rings. The van der Waals surface area contributed by atoms with Crippen LogP contribution in [0.5, 0.6) is 0 Å². The number of allylic oxidation sites excluding steroid dienone is 2. The summed E-state index contributed by atoms with van der Waals surface area (Å²) in [5.74, 6) is 1.60. The number of aliphatic hydroxyl groups excluding tert-OH is 1. The van der Waals surface area contributed by atoms with Gasteiger partial charge in [0, 0.05) is 25.9 Å². The van der Waals surface area contributed by atoms with Crippen molar-refractivity contribution in [3.05, 3.63) is 24.0 Å². The maximum absolute atomic E-state index is 8.87. The van der Waals surface area contributed by atoms with Crippen molar-refractivity contribution in [2.45, 2.75) is 51.5 Å². The molecule has 23 heavy (non-hydrogen) atoms. The molecule has 5 heteroatoms. The predicted molar refractivity (Wildman–Crippen MR) is 91.1 cm³/mol. The van der Waals surface area contributed by atoms with E-state index in [1.165, 1.54) is 51.7 Å². The van der Waals surface area contributed by atoms with Gasteiger partial charge in [0.05, 0.1) is 5.69 Å². The Labute approximate surface area is 139 Å². The van der Waals surface area contributed by atoms with Crippen LogP contribution < -0.4 is 0 Å². The molecule has 3 rings (SSSR count). The fourth-order valence-corrected chi connectivity index (χ4v) is 3.81. The van der Waals surface area contributed by atoms with Crippen molar-refractivity contribution < 1.29 is 5.11 Å². The molecule has 1 aliphatic carbocycles. The number of nitrogens with zero attached hydrogens (tertiary/aromatic N) is 4. The number of likely N-dealkylation sites (tertiary alicyclic amines) is 1. The van der Waals surface area contributed by atoms with E-state index in [1.807, 2.05) is 4.68 Å². The molecule has 0 spiro atoms. The van der Waals surface area contributed by atoms with Gasteiger partial charge in [-0.15, -0.1) is 5.10 Å². The highest BCUT2D eigenvalue weighted by molar-refractivity contribution is 4.93. The highest BCUT2D eigenvalue weighted by Gasteiger charge is 2.22. The SMILES string of the molecule is OCCCc1cn(CC2CCN(C[C@@H]3CC=CCC3)CC2)nn1. The summed E-state index contributed by atoms with van der Waals surface area (Å²) in [4.78, 5) is 2.66. The third-order valence-corrected chi connectivity index (χ3v) is 5.22. The van der Waals surface area contributed by atoms with E-state index in [-0.39, 0.29) is 6.61 Å². The van der Waals surface area contributed by atoms with Crippen molar-refractivity contribution in [1.82, 2.24) is 19.9 Å². The first-order valence-corrected chi connectivity index (χ1v) is 9.20. The lowest BCUT2D eigenvalue weighted by Gasteiger charge is -2.34. The minimum absolute atomic E-state index is 0.224. The van der Waals surface area contributed by atoms with Crippen LogP contribution in [0.2, 0.25) is 0 Å². The molecule has 2 aliphatic rings. The van der Waals surface area contributed by atoms with Crippen molar-refractivity contribution in [2.24, 2.45) is 11.8 Å². The molecule has 128 valence electrons. The van der Waals surface area contributed by atoms with E-state index in [9.17, 15) is 0 Å². The number of aromatic nitrogens is 3. The maximum atomic E-state index is 8.87. The van der Waals surface area contributed by atoms with Gasteiger partial charge in [0.1, 0.15) is 0 Å². The van der Waals surface area contributed by atoms with Gasteiger partial charge in [-0.25, -0.2) is 0 Å². The largest absolute Gasteiger partial charge is 0.396 e. The van der Waals surface area contributed by atoms with Gasteiger partial charge in [0.15, 0.2) is 0 Å². The van der Waals surface area contributed by atoms with Crippen LogP contribution in [0, 0.1) is 11.8 Å². The summed E-state index contributed by atoms with van der Waals surface area (Å²) in [5, 5.41) is 17.3. The molecule has 0 bridgehead atoms. The molecule has 1 N–H and O–H groups in total. The first kappa shape index (κ1) is 16.7. The van der Waals surface area contributed by atoms with E-state index in [0.717, 1.165) is 36.9 Å². The van der Waals surface area contributed by atoms with Gasteiger partial charge in [0.25, 0.3) is 0 Å². The van der Waals surface area contributed by atoms with Crippen LogP contribution in [-0.2, 0) is 13.0 Å². The Morgan fingerprint density at radius 2 is 1.96 bits per heavy atom. The van der Waals surface area contributed by atoms with E-state index in [4.69, 9.17) is 5.11 Å². The van der Waals surface area contributed by atoms with Crippen LogP contribution in [0.15, 0.2) is 18.3 Å². The Morgan fingerprint density at radius 1 is 1.09 bits per heavy atom. The van der Waals surface area contributed by atoms with Crippen molar-refractivity contribution >= 4 is 0 Å². The molecule has 2 heterocycles. The van der Waals surface area contributed by atoms with Gasteiger partial charge < -0.3 is 10.0 Å². The molecule has 0 radical (unpaired) electrons. The van der Waals surface area contributed by atoms with Crippen LogP contribution in [-0.4, -0.2) is 51.2 Å². The monoisotopic (exact) mass is 318 g/mol. The zero-order chi connectivity index (χ0) is 15.9. The molecular formula is C18H30N4O. The first-order valence-electron chi connectivity index (χ1n) is 9.20. The summed E-state index contributed by atoms with van der Waals surface area (Å²) in [6, 6.07) is 0. The Balaban J connectivity index is 1.38. The maximum Gasteiger partial charge on any atom is 0.0828 e.